The third-order valence-corrected chi connectivity index (χ3v) is 3.83. The topological polar surface area (TPSA) is 36.4 Å². The van der Waals surface area contributed by atoms with Gasteiger partial charge in [0.05, 0.1) is 0 Å². The number of halogens is 2. The van der Waals surface area contributed by atoms with E-state index in [1.807, 2.05) is 23.9 Å². The van der Waals surface area contributed by atoms with Crippen molar-refractivity contribution in [2.45, 2.75) is 19.4 Å². The molecule has 0 saturated heterocycles. The fraction of sp³-hybridized carbons (Fsp3) is 0.500. The van der Waals surface area contributed by atoms with E-state index < -0.39 is 0 Å². The molecule has 0 atom stereocenters. The molecule has 0 aliphatic carbocycles. The Morgan fingerprint density at radius 3 is 2.75 bits per heavy atom. The van der Waals surface area contributed by atoms with Crippen molar-refractivity contribution in [3.63, 3.8) is 0 Å². The summed E-state index contributed by atoms with van der Waals surface area (Å²) in [6, 6.07) is 8.28. The van der Waals surface area contributed by atoms with Crippen molar-refractivity contribution in [3.8, 4) is 0 Å². The Hall–Kier alpha value is 0.0500. The molecule has 1 aromatic carbocycles. The Balaban J connectivity index is 0.00000361. The zero-order valence-electron chi connectivity index (χ0n) is 12.0. The maximum Gasteiger partial charge on any atom is 0.191 e. The molecule has 0 bridgehead atoms. The first-order valence-corrected chi connectivity index (χ1v) is 8.63. The van der Waals surface area contributed by atoms with Crippen LogP contribution in [0, 0.1) is 0 Å². The lowest BCUT2D eigenvalue weighted by atomic mass is 10.2. The maximum absolute atomic E-state index is 4.22. The second-order valence-electron chi connectivity index (χ2n) is 4.18. The summed E-state index contributed by atoms with van der Waals surface area (Å²) in [6.45, 7) is 1.75. The van der Waals surface area contributed by atoms with Crippen molar-refractivity contribution < 1.29 is 0 Å². The number of aliphatic imine (C=N–C) groups is 1. The summed E-state index contributed by atoms with van der Waals surface area (Å²) in [7, 11) is 1.80. The van der Waals surface area contributed by atoms with Crippen molar-refractivity contribution in [1.82, 2.24) is 10.6 Å². The van der Waals surface area contributed by atoms with Crippen LogP contribution in [0.5, 0.6) is 0 Å². The highest BCUT2D eigenvalue weighted by atomic mass is 127. The zero-order valence-corrected chi connectivity index (χ0v) is 16.7. The number of hydrogen-bond donors (Lipinski definition) is 2. The van der Waals surface area contributed by atoms with Crippen LogP contribution in [-0.2, 0) is 6.54 Å². The van der Waals surface area contributed by atoms with Crippen LogP contribution in [0.4, 0.5) is 0 Å². The van der Waals surface area contributed by atoms with E-state index in [0.717, 1.165) is 23.5 Å². The third kappa shape index (κ3) is 9.07. The standard InChI is InChI=1S/C14H22BrN3S.HI/c1-16-14(17-8-3-4-9-19-2)18-11-12-6-5-7-13(15)10-12;/h5-7,10H,3-4,8-9,11H2,1-2H3,(H2,16,17,18);1H. The van der Waals surface area contributed by atoms with Crippen LogP contribution in [0.3, 0.4) is 0 Å². The monoisotopic (exact) mass is 471 g/mol. The molecule has 2 N–H and O–H groups in total. The average Bonchev–Trinajstić information content (AvgIpc) is 2.42. The van der Waals surface area contributed by atoms with Crippen molar-refractivity contribution in [2.24, 2.45) is 4.99 Å². The van der Waals surface area contributed by atoms with Crippen LogP contribution in [0.25, 0.3) is 0 Å². The van der Waals surface area contributed by atoms with Gasteiger partial charge in [0.15, 0.2) is 5.96 Å². The van der Waals surface area contributed by atoms with E-state index in [0.29, 0.717) is 0 Å². The summed E-state index contributed by atoms with van der Waals surface area (Å²) in [5.74, 6) is 2.09. The van der Waals surface area contributed by atoms with Crippen molar-refractivity contribution in [3.05, 3.63) is 34.3 Å². The number of rotatable bonds is 7. The lowest BCUT2D eigenvalue weighted by molar-refractivity contribution is 0.733. The lowest BCUT2D eigenvalue weighted by Gasteiger charge is -2.12. The summed E-state index contributed by atoms with van der Waals surface area (Å²) in [6.07, 6.45) is 4.57. The van der Waals surface area contributed by atoms with Gasteiger partial charge in [-0.2, -0.15) is 11.8 Å². The Morgan fingerprint density at radius 2 is 2.10 bits per heavy atom. The van der Waals surface area contributed by atoms with E-state index >= 15 is 0 Å². The summed E-state index contributed by atoms with van der Waals surface area (Å²) in [4.78, 5) is 4.22. The molecule has 0 fully saturated rings. The molecule has 0 aromatic heterocycles. The fourth-order valence-electron chi connectivity index (χ4n) is 1.63. The lowest BCUT2D eigenvalue weighted by Crippen LogP contribution is -2.37. The highest BCUT2D eigenvalue weighted by Crippen LogP contribution is 2.11. The highest BCUT2D eigenvalue weighted by Gasteiger charge is 1.98. The minimum absolute atomic E-state index is 0. The number of benzene rings is 1. The first kappa shape index (κ1) is 20.1. The van der Waals surface area contributed by atoms with Gasteiger partial charge in [0.2, 0.25) is 0 Å². The Bertz CT molecular complexity index is 402. The van der Waals surface area contributed by atoms with Crippen LogP contribution < -0.4 is 10.6 Å². The van der Waals surface area contributed by atoms with Crippen LogP contribution in [0.15, 0.2) is 33.7 Å². The van der Waals surface area contributed by atoms with E-state index in [1.54, 1.807) is 7.05 Å². The van der Waals surface area contributed by atoms with Gasteiger partial charge in [0.1, 0.15) is 0 Å². The van der Waals surface area contributed by atoms with Gasteiger partial charge < -0.3 is 10.6 Å². The molecule has 0 aliphatic heterocycles. The van der Waals surface area contributed by atoms with Crippen LogP contribution in [0.2, 0.25) is 0 Å². The number of guanidine groups is 1. The SMILES string of the molecule is CN=C(NCCCCSC)NCc1cccc(Br)c1.I. The smallest absolute Gasteiger partial charge is 0.191 e. The first-order chi connectivity index (χ1) is 9.26. The third-order valence-electron chi connectivity index (χ3n) is 2.64. The number of nitrogens with zero attached hydrogens (tertiary/aromatic N) is 1. The molecule has 3 nitrogen and oxygen atoms in total. The summed E-state index contributed by atoms with van der Waals surface area (Å²) in [5.41, 5.74) is 1.24. The molecular weight excluding hydrogens is 449 g/mol. The summed E-state index contributed by atoms with van der Waals surface area (Å²) < 4.78 is 1.10. The molecule has 0 amide bonds. The maximum atomic E-state index is 4.22. The van der Waals surface area contributed by atoms with E-state index in [-0.39, 0.29) is 24.0 Å². The first-order valence-electron chi connectivity index (χ1n) is 6.44. The van der Waals surface area contributed by atoms with Gasteiger partial charge in [-0.1, -0.05) is 28.1 Å². The molecule has 0 heterocycles. The van der Waals surface area contributed by atoms with Crippen LogP contribution >= 0.6 is 51.7 Å². The molecule has 0 aliphatic rings. The quantitative estimate of drug-likeness (QED) is 0.274. The fourth-order valence-corrected chi connectivity index (χ4v) is 2.57. The van der Waals surface area contributed by atoms with Gasteiger partial charge in [-0.15, -0.1) is 24.0 Å². The van der Waals surface area contributed by atoms with Gasteiger partial charge in [-0.05, 0) is 42.5 Å². The second kappa shape index (κ2) is 12.8. The molecule has 0 saturated carbocycles. The normalized spacial score (nSPS) is 10.8. The Labute approximate surface area is 151 Å². The minimum Gasteiger partial charge on any atom is -0.356 e. The van der Waals surface area contributed by atoms with Crippen molar-refractivity contribution in [2.75, 3.05) is 25.6 Å². The van der Waals surface area contributed by atoms with Gasteiger partial charge >= 0.3 is 0 Å². The summed E-state index contributed by atoms with van der Waals surface area (Å²) >= 11 is 5.37. The van der Waals surface area contributed by atoms with Gasteiger partial charge in [0.25, 0.3) is 0 Å². The predicted molar refractivity (Wildman–Crippen MR) is 105 cm³/mol. The predicted octanol–water partition coefficient (Wildman–Crippen LogP) is 3.88. The number of hydrogen-bond acceptors (Lipinski definition) is 2. The van der Waals surface area contributed by atoms with E-state index in [2.05, 4.69) is 49.9 Å². The van der Waals surface area contributed by atoms with Crippen LogP contribution in [0.1, 0.15) is 18.4 Å². The van der Waals surface area contributed by atoms with Crippen molar-refractivity contribution >= 4 is 57.6 Å². The summed E-state index contributed by atoms with van der Waals surface area (Å²) in [5, 5.41) is 6.65. The van der Waals surface area contributed by atoms with E-state index in [9.17, 15) is 0 Å². The van der Waals surface area contributed by atoms with Gasteiger partial charge in [-0.25, -0.2) is 0 Å². The molecular formula is C14H23BrIN3S. The Kier molecular flexibility index (Phi) is 12.8. The van der Waals surface area contributed by atoms with E-state index in [4.69, 9.17) is 0 Å². The largest absolute Gasteiger partial charge is 0.356 e. The Morgan fingerprint density at radius 1 is 1.30 bits per heavy atom. The molecule has 0 unspecified atom stereocenters. The number of thioether (sulfide) groups is 1. The minimum atomic E-state index is 0. The zero-order chi connectivity index (χ0) is 13.9. The molecule has 6 heteroatoms. The number of unbranched alkanes of at least 4 members (excludes halogenated alkanes) is 1. The average molecular weight is 472 g/mol. The molecule has 0 radical (unpaired) electrons. The van der Waals surface area contributed by atoms with Gasteiger partial charge in [-0.3, -0.25) is 4.99 Å². The molecule has 0 spiro atoms. The molecule has 20 heavy (non-hydrogen) atoms. The van der Waals surface area contributed by atoms with Crippen LogP contribution in [-0.4, -0.2) is 31.6 Å². The van der Waals surface area contributed by atoms with E-state index in [1.165, 1.54) is 24.2 Å². The van der Waals surface area contributed by atoms with Crippen molar-refractivity contribution in [1.29, 1.82) is 0 Å². The number of nitrogens with one attached hydrogen (secondary N) is 2. The molecule has 1 rings (SSSR count). The highest BCUT2D eigenvalue weighted by molar-refractivity contribution is 14.0. The molecule has 1 aromatic rings. The molecule has 114 valence electrons. The van der Waals surface area contributed by atoms with Gasteiger partial charge in [0, 0.05) is 24.6 Å². The second-order valence-corrected chi connectivity index (χ2v) is 6.08.